The predicted molar refractivity (Wildman–Crippen MR) is 87.5 cm³/mol. The Hall–Kier alpha value is -2.88. The van der Waals surface area contributed by atoms with E-state index < -0.39 is 5.97 Å². The number of ether oxygens (including phenoxy) is 1. The lowest BCUT2D eigenvalue weighted by Crippen LogP contribution is -2.08. The van der Waals surface area contributed by atoms with Gasteiger partial charge in [0.15, 0.2) is 0 Å². The van der Waals surface area contributed by atoms with Gasteiger partial charge in [0.25, 0.3) is 0 Å². The molecule has 1 aliphatic heterocycles. The molecule has 0 unspecified atom stereocenters. The average Bonchev–Trinajstić information content (AvgIpc) is 3.05. The Morgan fingerprint density at radius 2 is 1.74 bits per heavy atom. The van der Waals surface area contributed by atoms with Gasteiger partial charge in [-0.1, -0.05) is 30.3 Å². The minimum Gasteiger partial charge on any atom is -0.465 e. The molecule has 0 radical (unpaired) electrons. The normalized spacial score (nSPS) is 12.4. The number of rotatable bonds is 1. The molecule has 2 aromatic carbocycles. The number of aromatic nitrogens is 1. The van der Waals surface area contributed by atoms with E-state index in [0.29, 0.717) is 16.8 Å². The molecule has 2 heterocycles. The number of carbonyl (C=O) groups excluding carboxylic acids is 2. The summed E-state index contributed by atoms with van der Waals surface area (Å²) in [6.07, 6.45) is 0. The van der Waals surface area contributed by atoms with Crippen LogP contribution in [0.4, 0.5) is 0 Å². The van der Waals surface area contributed by atoms with Crippen LogP contribution in [0, 0.1) is 13.8 Å². The number of hydrogen-bond donors (Lipinski definition) is 0. The van der Waals surface area contributed by atoms with E-state index in [-0.39, 0.29) is 5.78 Å². The summed E-state index contributed by atoms with van der Waals surface area (Å²) in [4.78, 5) is 25.4. The zero-order valence-corrected chi connectivity index (χ0v) is 13.1. The third-order valence-corrected chi connectivity index (χ3v) is 4.52. The Labute approximate surface area is 133 Å². The highest BCUT2D eigenvalue weighted by molar-refractivity contribution is 6.24. The molecule has 4 nitrogen and oxygen atoms in total. The summed E-state index contributed by atoms with van der Waals surface area (Å²) in [5.74, 6) is -0.593. The van der Waals surface area contributed by atoms with E-state index in [4.69, 9.17) is 4.74 Å². The van der Waals surface area contributed by atoms with Crippen LogP contribution >= 0.6 is 0 Å². The molecule has 0 saturated heterocycles. The molecule has 0 spiro atoms. The van der Waals surface area contributed by atoms with Gasteiger partial charge in [-0.15, -0.1) is 0 Å². The Balaban J connectivity index is 2.23. The topological polar surface area (TPSA) is 48.3 Å². The molecule has 4 rings (SSSR count). The van der Waals surface area contributed by atoms with Crippen LogP contribution in [0.25, 0.3) is 16.6 Å². The maximum atomic E-state index is 13.0. The zero-order valence-electron chi connectivity index (χ0n) is 13.1. The van der Waals surface area contributed by atoms with E-state index in [1.807, 2.05) is 54.8 Å². The number of para-hydroxylation sites is 1. The van der Waals surface area contributed by atoms with Crippen molar-refractivity contribution < 1.29 is 14.3 Å². The number of esters is 1. The van der Waals surface area contributed by atoms with E-state index >= 15 is 0 Å². The first-order valence-electron chi connectivity index (χ1n) is 7.43. The van der Waals surface area contributed by atoms with Crippen LogP contribution in [-0.4, -0.2) is 23.4 Å². The number of fused-ring (bicyclic) bond motifs is 5. The predicted octanol–water partition coefficient (Wildman–Crippen LogP) is 3.58. The van der Waals surface area contributed by atoms with Gasteiger partial charge in [0, 0.05) is 5.39 Å². The van der Waals surface area contributed by atoms with Crippen LogP contribution < -0.4 is 0 Å². The first-order valence-corrected chi connectivity index (χ1v) is 7.43. The standard InChI is InChI=1S/C19H15NO3/c1-10-8-9-11(2)16-14(10)18(21)17-15(19(22)23-3)12-6-4-5-7-13(12)20(16)17/h4-9H,1-3H3. The zero-order chi connectivity index (χ0) is 16.3. The molecular formula is C19H15NO3. The van der Waals surface area contributed by atoms with E-state index in [9.17, 15) is 9.59 Å². The van der Waals surface area contributed by atoms with Gasteiger partial charge in [-0.05, 0) is 31.0 Å². The van der Waals surface area contributed by atoms with Crippen LogP contribution in [-0.2, 0) is 4.74 Å². The van der Waals surface area contributed by atoms with Crippen LogP contribution in [0.1, 0.15) is 37.5 Å². The maximum absolute atomic E-state index is 13.0. The van der Waals surface area contributed by atoms with Crippen molar-refractivity contribution in [3.05, 3.63) is 64.3 Å². The Morgan fingerprint density at radius 3 is 2.48 bits per heavy atom. The highest BCUT2D eigenvalue weighted by atomic mass is 16.5. The Bertz CT molecular complexity index is 1010. The molecule has 1 aliphatic rings. The summed E-state index contributed by atoms with van der Waals surface area (Å²) < 4.78 is 6.84. The van der Waals surface area contributed by atoms with Crippen LogP contribution in [0.5, 0.6) is 0 Å². The quantitative estimate of drug-likeness (QED) is 0.505. The molecule has 114 valence electrons. The van der Waals surface area contributed by atoms with Gasteiger partial charge < -0.3 is 9.30 Å². The molecule has 0 aliphatic carbocycles. The van der Waals surface area contributed by atoms with Crippen LogP contribution in [0.3, 0.4) is 0 Å². The molecular weight excluding hydrogens is 290 g/mol. The van der Waals surface area contributed by atoms with E-state index in [1.165, 1.54) is 7.11 Å². The van der Waals surface area contributed by atoms with E-state index in [1.54, 1.807) is 0 Å². The number of carbonyl (C=O) groups is 2. The van der Waals surface area contributed by atoms with E-state index in [0.717, 1.165) is 27.7 Å². The molecule has 0 N–H and O–H groups in total. The van der Waals surface area contributed by atoms with E-state index in [2.05, 4.69) is 0 Å². The minimum atomic E-state index is -0.480. The van der Waals surface area contributed by atoms with Crippen LogP contribution in [0.15, 0.2) is 36.4 Å². The van der Waals surface area contributed by atoms with Gasteiger partial charge >= 0.3 is 5.97 Å². The first kappa shape index (κ1) is 13.8. The van der Waals surface area contributed by atoms with Gasteiger partial charge in [-0.2, -0.15) is 0 Å². The fraction of sp³-hybridized carbons (Fsp3) is 0.158. The molecule has 3 aromatic rings. The second-order valence-corrected chi connectivity index (χ2v) is 5.82. The van der Waals surface area contributed by atoms with Crippen LogP contribution in [0.2, 0.25) is 0 Å². The fourth-order valence-electron chi connectivity index (χ4n) is 3.49. The lowest BCUT2D eigenvalue weighted by molar-refractivity contribution is 0.0600. The minimum absolute atomic E-state index is 0.113. The summed E-state index contributed by atoms with van der Waals surface area (Å²) >= 11 is 0. The highest BCUT2D eigenvalue weighted by Crippen LogP contribution is 2.40. The molecule has 0 fully saturated rings. The lowest BCUT2D eigenvalue weighted by atomic mass is 9.98. The molecule has 4 heteroatoms. The summed E-state index contributed by atoms with van der Waals surface area (Å²) in [7, 11) is 1.34. The van der Waals surface area contributed by atoms with Gasteiger partial charge in [-0.3, -0.25) is 4.79 Å². The fourth-order valence-corrected chi connectivity index (χ4v) is 3.49. The summed E-state index contributed by atoms with van der Waals surface area (Å²) in [5.41, 5.74) is 5.08. The largest absolute Gasteiger partial charge is 0.465 e. The maximum Gasteiger partial charge on any atom is 0.340 e. The first-order chi connectivity index (χ1) is 11.1. The molecule has 0 amide bonds. The van der Waals surface area contributed by atoms with Crippen molar-refractivity contribution in [2.24, 2.45) is 0 Å². The monoisotopic (exact) mass is 305 g/mol. The second kappa shape index (κ2) is 4.56. The number of hydrogen-bond acceptors (Lipinski definition) is 3. The number of ketones is 1. The smallest absolute Gasteiger partial charge is 0.340 e. The van der Waals surface area contributed by atoms with Crippen molar-refractivity contribution in [3.63, 3.8) is 0 Å². The summed E-state index contributed by atoms with van der Waals surface area (Å²) in [6, 6.07) is 11.5. The van der Waals surface area contributed by atoms with Crippen molar-refractivity contribution >= 4 is 22.7 Å². The van der Waals surface area contributed by atoms with Gasteiger partial charge in [0.2, 0.25) is 5.78 Å². The average molecular weight is 305 g/mol. The number of nitrogens with zero attached hydrogens (tertiary/aromatic N) is 1. The third kappa shape index (κ3) is 1.60. The number of methoxy groups -OCH3 is 1. The van der Waals surface area contributed by atoms with Gasteiger partial charge in [0.05, 0.1) is 29.4 Å². The van der Waals surface area contributed by atoms with Crippen molar-refractivity contribution in [2.45, 2.75) is 13.8 Å². The molecule has 0 atom stereocenters. The third-order valence-electron chi connectivity index (χ3n) is 4.52. The number of benzene rings is 2. The highest BCUT2D eigenvalue weighted by Gasteiger charge is 2.37. The van der Waals surface area contributed by atoms with Gasteiger partial charge in [-0.25, -0.2) is 4.79 Å². The molecule has 0 saturated carbocycles. The Kier molecular flexibility index (Phi) is 2.73. The van der Waals surface area contributed by atoms with Crippen molar-refractivity contribution in [1.82, 2.24) is 4.57 Å². The van der Waals surface area contributed by atoms with Crippen molar-refractivity contribution in [2.75, 3.05) is 7.11 Å². The molecule has 1 aromatic heterocycles. The van der Waals surface area contributed by atoms with Crippen molar-refractivity contribution in [3.8, 4) is 5.69 Å². The summed E-state index contributed by atoms with van der Waals surface area (Å²) in [5, 5.41) is 0.745. The lowest BCUT2D eigenvalue weighted by Gasteiger charge is -2.09. The number of aryl methyl sites for hydroxylation is 2. The molecule has 0 bridgehead atoms. The summed E-state index contributed by atoms with van der Waals surface area (Å²) in [6.45, 7) is 3.90. The SMILES string of the molecule is COC(=O)c1c2n(c3ccccc13)-c1c(C)ccc(C)c1C2=O. The van der Waals surface area contributed by atoms with Crippen molar-refractivity contribution in [1.29, 1.82) is 0 Å². The van der Waals surface area contributed by atoms with Gasteiger partial charge in [0.1, 0.15) is 5.69 Å². The second-order valence-electron chi connectivity index (χ2n) is 5.82. The Morgan fingerprint density at radius 1 is 1.04 bits per heavy atom. The molecule has 23 heavy (non-hydrogen) atoms.